The highest BCUT2D eigenvalue weighted by Gasteiger charge is 2.14. The molecule has 0 aliphatic heterocycles. The van der Waals surface area contributed by atoms with Crippen molar-refractivity contribution < 1.29 is 13.5 Å². The number of anilines is 1. The van der Waals surface area contributed by atoms with Crippen molar-refractivity contribution >= 4 is 21.5 Å². The molecule has 9 heteroatoms. The molecule has 2 aromatic heterocycles. The van der Waals surface area contributed by atoms with Gasteiger partial charge in [0, 0.05) is 30.3 Å². The summed E-state index contributed by atoms with van der Waals surface area (Å²) in [5.41, 5.74) is 4.71. The Kier molecular flexibility index (Phi) is 6.41. The summed E-state index contributed by atoms with van der Waals surface area (Å²) in [4.78, 5) is 4.94. The molecule has 0 aliphatic rings. The predicted molar refractivity (Wildman–Crippen MR) is 139 cm³/mol. The Labute approximate surface area is 209 Å². The molecule has 5 rings (SSSR count). The van der Waals surface area contributed by atoms with Gasteiger partial charge in [-0.1, -0.05) is 54.6 Å². The Hall–Kier alpha value is -4.21. The predicted octanol–water partition coefficient (Wildman–Crippen LogP) is 4.50. The summed E-state index contributed by atoms with van der Waals surface area (Å²) in [6.45, 7) is 2.60. The Morgan fingerprint density at radius 3 is 2.39 bits per heavy atom. The Bertz CT molecular complexity index is 1630. The molecule has 0 spiro atoms. The maximum absolute atomic E-state index is 12.5. The van der Waals surface area contributed by atoms with Gasteiger partial charge in [0.25, 0.3) is 0 Å². The van der Waals surface area contributed by atoms with E-state index in [9.17, 15) is 13.5 Å². The number of hydrogen-bond acceptors (Lipinski definition) is 6. The van der Waals surface area contributed by atoms with Crippen LogP contribution in [0.25, 0.3) is 16.9 Å². The highest BCUT2D eigenvalue weighted by atomic mass is 32.2. The zero-order valence-corrected chi connectivity index (χ0v) is 20.4. The van der Waals surface area contributed by atoms with E-state index in [1.165, 1.54) is 0 Å². The van der Waals surface area contributed by atoms with Gasteiger partial charge in [-0.15, -0.1) is 0 Å². The van der Waals surface area contributed by atoms with Crippen LogP contribution in [-0.4, -0.2) is 28.1 Å². The van der Waals surface area contributed by atoms with Gasteiger partial charge in [-0.25, -0.2) is 18.1 Å². The van der Waals surface area contributed by atoms with Crippen molar-refractivity contribution in [3.05, 3.63) is 108 Å². The van der Waals surface area contributed by atoms with Crippen molar-refractivity contribution in [1.29, 1.82) is 0 Å². The molecular formula is C27H25N5O3S. The fourth-order valence-electron chi connectivity index (χ4n) is 3.93. The molecule has 0 fully saturated rings. The molecule has 0 bridgehead atoms. The van der Waals surface area contributed by atoms with Crippen LogP contribution in [0.1, 0.15) is 16.7 Å². The van der Waals surface area contributed by atoms with E-state index in [4.69, 9.17) is 4.98 Å². The van der Waals surface area contributed by atoms with Gasteiger partial charge < -0.3 is 10.4 Å². The van der Waals surface area contributed by atoms with Gasteiger partial charge in [-0.05, 0) is 42.3 Å². The number of benzene rings is 3. The van der Waals surface area contributed by atoms with Crippen LogP contribution in [0, 0.1) is 6.92 Å². The summed E-state index contributed by atoms with van der Waals surface area (Å²) < 4.78 is 29.5. The van der Waals surface area contributed by atoms with Crippen molar-refractivity contribution in [1.82, 2.24) is 19.3 Å². The Balaban J connectivity index is 1.36. The highest BCUT2D eigenvalue weighted by molar-refractivity contribution is 7.89. The van der Waals surface area contributed by atoms with Crippen molar-refractivity contribution in [3.8, 4) is 17.0 Å². The third-order valence-electron chi connectivity index (χ3n) is 5.81. The van der Waals surface area contributed by atoms with Crippen LogP contribution in [0.15, 0.2) is 96.0 Å². The molecule has 3 N–H and O–H groups in total. The first-order chi connectivity index (χ1) is 17.4. The summed E-state index contributed by atoms with van der Waals surface area (Å²) in [5.74, 6) is 0.879. The van der Waals surface area contributed by atoms with Crippen molar-refractivity contribution in [3.63, 3.8) is 0 Å². The van der Waals surface area contributed by atoms with Gasteiger partial charge in [0.2, 0.25) is 10.0 Å². The zero-order valence-electron chi connectivity index (χ0n) is 19.6. The minimum atomic E-state index is -3.59. The first-order valence-electron chi connectivity index (χ1n) is 11.4. The van der Waals surface area contributed by atoms with Gasteiger partial charge in [0.05, 0.1) is 16.8 Å². The van der Waals surface area contributed by atoms with Crippen molar-refractivity contribution in [2.45, 2.75) is 24.9 Å². The van der Waals surface area contributed by atoms with E-state index >= 15 is 0 Å². The topological polar surface area (TPSA) is 109 Å². The standard InChI is InChI=1S/C27H25N5O3S/c1-19-16-29-32-26(15-24(31-27(19)32)23-12-5-6-13-25(23)33)28-17-20-8-7-9-21(14-20)18-30-36(34,35)22-10-3-2-4-11-22/h2-16,28,30,33H,17-18H2,1H3. The Morgan fingerprint density at radius 2 is 1.61 bits per heavy atom. The van der Waals surface area contributed by atoms with Crippen LogP contribution in [0.2, 0.25) is 0 Å². The molecule has 0 amide bonds. The minimum Gasteiger partial charge on any atom is -0.507 e. The highest BCUT2D eigenvalue weighted by Crippen LogP contribution is 2.30. The fourth-order valence-corrected chi connectivity index (χ4v) is 4.97. The number of phenolic OH excluding ortho intramolecular Hbond substituents is 1. The molecule has 3 aromatic carbocycles. The molecule has 8 nitrogen and oxygen atoms in total. The molecule has 0 atom stereocenters. The second kappa shape index (κ2) is 9.80. The quantitative estimate of drug-likeness (QED) is 0.290. The summed E-state index contributed by atoms with van der Waals surface area (Å²) in [5, 5.41) is 18.2. The summed E-state index contributed by atoms with van der Waals surface area (Å²) >= 11 is 0. The van der Waals surface area contributed by atoms with Gasteiger partial charge >= 0.3 is 0 Å². The largest absolute Gasteiger partial charge is 0.507 e. The molecule has 182 valence electrons. The lowest BCUT2D eigenvalue weighted by Gasteiger charge is -2.13. The van der Waals surface area contributed by atoms with Gasteiger partial charge in [0.1, 0.15) is 11.6 Å². The molecule has 36 heavy (non-hydrogen) atoms. The molecule has 0 radical (unpaired) electrons. The lowest BCUT2D eigenvalue weighted by atomic mass is 10.1. The van der Waals surface area contributed by atoms with E-state index in [0.29, 0.717) is 23.4 Å². The number of sulfonamides is 1. The van der Waals surface area contributed by atoms with Gasteiger partial charge in [-0.3, -0.25) is 0 Å². The van der Waals surface area contributed by atoms with E-state index in [1.807, 2.05) is 49.4 Å². The van der Waals surface area contributed by atoms with Crippen LogP contribution in [0.4, 0.5) is 5.82 Å². The normalized spacial score (nSPS) is 11.6. The van der Waals surface area contributed by atoms with Crippen molar-refractivity contribution in [2.75, 3.05) is 5.32 Å². The van der Waals surface area contributed by atoms with E-state index in [1.54, 1.807) is 53.2 Å². The van der Waals surface area contributed by atoms with E-state index in [0.717, 1.165) is 22.5 Å². The first-order valence-corrected chi connectivity index (χ1v) is 12.9. The second-order valence-corrected chi connectivity index (χ2v) is 10.2. The number of hydrogen-bond donors (Lipinski definition) is 3. The number of nitrogens with zero attached hydrogens (tertiary/aromatic N) is 3. The second-order valence-electron chi connectivity index (χ2n) is 8.42. The summed E-state index contributed by atoms with van der Waals surface area (Å²) in [6, 6.07) is 25.0. The lowest BCUT2D eigenvalue weighted by Crippen LogP contribution is -2.23. The molecule has 0 aliphatic carbocycles. The smallest absolute Gasteiger partial charge is 0.240 e. The number of fused-ring (bicyclic) bond motifs is 1. The average Bonchev–Trinajstić information content (AvgIpc) is 3.28. The van der Waals surface area contributed by atoms with Crippen molar-refractivity contribution in [2.24, 2.45) is 0 Å². The van der Waals surface area contributed by atoms with Gasteiger partial charge in [0.15, 0.2) is 5.65 Å². The van der Waals surface area contributed by atoms with Crippen LogP contribution in [0.5, 0.6) is 5.75 Å². The maximum atomic E-state index is 12.5. The number of aromatic nitrogens is 3. The molecule has 2 heterocycles. The number of para-hydroxylation sites is 1. The number of nitrogens with one attached hydrogen (secondary N) is 2. The van der Waals surface area contributed by atoms with E-state index in [-0.39, 0.29) is 17.2 Å². The number of phenols is 1. The SMILES string of the molecule is Cc1cnn2c(NCc3cccc(CNS(=O)(=O)c4ccccc4)c3)cc(-c3ccccc3O)nc12. The molecule has 0 saturated carbocycles. The minimum absolute atomic E-state index is 0.156. The molecular weight excluding hydrogens is 474 g/mol. The number of aryl methyl sites for hydroxylation is 1. The van der Waals surface area contributed by atoms with E-state index < -0.39 is 10.0 Å². The summed E-state index contributed by atoms with van der Waals surface area (Å²) in [7, 11) is -3.59. The third kappa shape index (κ3) is 4.93. The Morgan fingerprint density at radius 1 is 0.889 bits per heavy atom. The molecule has 5 aromatic rings. The van der Waals surface area contributed by atoms with Crippen LogP contribution in [0.3, 0.4) is 0 Å². The summed E-state index contributed by atoms with van der Waals surface area (Å²) in [6.07, 6.45) is 1.75. The average molecular weight is 500 g/mol. The third-order valence-corrected chi connectivity index (χ3v) is 7.23. The number of rotatable bonds is 8. The zero-order chi connectivity index (χ0) is 25.1. The molecule has 0 saturated heterocycles. The van der Waals surface area contributed by atoms with Crippen LogP contribution < -0.4 is 10.0 Å². The monoisotopic (exact) mass is 499 g/mol. The number of aromatic hydroxyl groups is 1. The van der Waals surface area contributed by atoms with E-state index in [2.05, 4.69) is 15.1 Å². The lowest BCUT2D eigenvalue weighted by molar-refractivity contribution is 0.477. The maximum Gasteiger partial charge on any atom is 0.240 e. The fraction of sp³-hybridized carbons (Fsp3) is 0.111. The molecule has 0 unspecified atom stereocenters. The van der Waals surface area contributed by atoms with Gasteiger partial charge in [-0.2, -0.15) is 9.61 Å². The van der Waals surface area contributed by atoms with Crippen LogP contribution >= 0.6 is 0 Å². The van der Waals surface area contributed by atoms with Crippen LogP contribution in [-0.2, 0) is 23.1 Å². The first kappa shape index (κ1) is 23.5.